The first-order valence-corrected chi connectivity index (χ1v) is 15.9. The standard InChI is InChI=1S/C44H31NO/c1-3-11-30(12-4-1)32-19-22-35(23-20-32)45(36-24-21-31-13-7-8-16-34(31)27-36)37-25-26-42-41(28-37)44-39-18-10-9-17-38(39)40(29-43(44)46-42)33-14-5-2-6-15-33/h1-29,41-42H. The molecule has 0 aromatic heterocycles. The molecule has 218 valence electrons. The van der Waals surface area contributed by atoms with Crippen LogP contribution in [0.2, 0.25) is 0 Å². The number of benzene rings is 7. The van der Waals surface area contributed by atoms with E-state index in [4.69, 9.17) is 4.74 Å². The first-order chi connectivity index (χ1) is 22.8. The van der Waals surface area contributed by atoms with E-state index in [1.165, 1.54) is 49.4 Å². The minimum Gasteiger partial charge on any atom is -0.485 e. The highest BCUT2D eigenvalue weighted by atomic mass is 16.5. The largest absolute Gasteiger partial charge is 0.485 e. The van der Waals surface area contributed by atoms with Crippen molar-refractivity contribution in [3.63, 3.8) is 0 Å². The Labute approximate surface area is 269 Å². The van der Waals surface area contributed by atoms with Crippen LogP contribution in [0.1, 0.15) is 11.5 Å². The van der Waals surface area contributed by atoms with E-state index in [1.54, 1.807) is 0 Å². The highest BCUT2D eigenvalue weighted by Gasteiger charge is 2.36. The summed E-state index contributed by atoms with van der Waals surface area (Å²) in [5.41, 5.74) is 9.47. The Morgan fingerprint density at radius 3 is 1.91 bits per heavy atom. The number of hydrogen-bond donors (Lipinski definition) is 0. The molecule has 0 bridgehead atoms. The second-order valence-corrected chi connectivity index (χ2v) is 12.1. The lowest BCUT2D eigenvalue weighted by Gasteiger charge is -2.30. The monoisotopic (exact) mass is 589 g/mol. The smallest absolute Gasteiger partial charge is 0.128 e. The maximum Gasteiger partial charge on any atom is 0.128 e. The molecule has 0 spiro atoms. The molecule has 1 heterocycles. The Hall–Kier alpha value is -5.86. The van der Waals surface area contributed by atoms with Gasteiger partial charge in [0.15, 0.2) is 0 Å². The van der Waals surface area contributed by atoms with Gasteiger partial charge in [0.1, 0.15) is 11.9 Å². The molecule has 0 saturated heterocycles. The summed E-state index contributed by atoms with van der Waals surface area (Å²) in [4.78, 5) is 2.38. The maximum atomic E-state index is 6.69. The molecular weight excluding hydrogens is 558 g/mol. The van der Waals surface area contributed by atoms with E-state index in [9.17, 15) is 0 Å². The summed E-state index contributed by atoms with van der Waals surface area (Å²) in [5, 5.41) is 4.96. The van der Waals surface area contributed by atoms with Gasteiger partial charge in [0.2, 0.25) is 0 Å². The minimum atomic E-state index is -0.0490. The molecule has 2 unspecified atom stereocenters. The van der Waals surface area contributed by atoms with Gasteiger partial charge in [-0.2, -0.15) is 0 Å². The van der Waals surface area contributed by atoms with Crippen molar-refractivity contribution in [2.45, 2.75) is 12.0 Å². The van der Waals surface area contributed by atoms with Gasteiger partial charge in [0, 0.05) is 28.6 Å². The molecule has 1 aliphatic heterocycles. The molecule has 0 N–H and O–H groups in total. The van der Waals surface area contributed by atoms with Crippen LogP contribution in [0, 0.1) is 0 Å². The summed E-state index contributed by atoms with van der Waals surface area (Å²) in [5.74, 6) is 1.07. The third-order valence-electron chi connectivity index (χ3n) is 9.37. The lowest BCUT2D eigenvalue weighted by Crippen LogP contribution is -2.23. The quantitative estimate of drug-likeness (QED) is 0.198. The van der Waals surface area contributed by atoms with Crippen LogP contribution in [0.25, 0.3) is 43.8 Å². The van der Waals surface area contributed by atoms with Crippen LogP contribution in [-0.4, -0.2) is 6.10 Å². The van der Waals surface area contributed by atoms with Crippen molar-refractivity contribution in [2.75, 3.05) is 4.90 Å². The van der Waals surface area contributed by atoms with Gasteiger partial charge in [-0.1, -0.05) is 127 Å². The summed E-state index contributed by atoms with van der Waals surface area (Å²) < 4.78 is 6.69. The SMILES string of the molecule is C1=CC2Oc3cc(-c4ccccc4)c4ccccc4c3C2C=C1N(c1ccc(-c2ccccc2)cc1)c1ccc2ccccc2c1. The molecule has 2 nitrogen and oxygen atoms in total. The van der Waals surface area contributed by atoms with Crippen LogP contribution in [0.3, 0.4) is 0 Å². The van der Waals surface area contributed by atoms with Crippen LogP contribution in [0.5, 0.6) is 5.75 Å². The van der Waals surface area contributed by atoms with E-state index in [2.05, 4.69) is 181 Å². The number of anilines is 2. The van der Waals surface area contributed by atoms with E-state index < -0.39 is 0 Å². The van der Waals surface area contributed by atoms with E-state index >= 15 is 0 Å². The zero-order chi connectivity index (χ0) is 30.5. The van der Waals surface area contributed by atoms with Crippen molar-refractivity contribution in [1.29, 1.82) is 0 Å². The molecule has 46 heavy (non-hydrogen) atoms. The van der Waals surface area contributed by atoms with Gasteiger partial charge in [-0.15, -0.1) is 0 Å². The molecule has 0 fully saturated rings. The van der Waals surface area contributed by atoms with Crippen molar-refractivity contribution < 1.29 is 4.74 Å². The Bertz CT molecular complexity index is 2280. The number of ether oxygens (including phenoxy) is 1. The van der Waals surface area contributed by atoms with E-state index in [1.807, 2.05) is 0 Å². The highest BCUT2D eigenvalue weighted by Crippen LogP contribution is 2.49. The first-order valence-electron chi connectivity index (χ1n) is 15.9. The minimum absolute atomic E-state index is 0.0490. The molecule has 0 radical (unpaired) electrons. The molecule has 2 atom stereocenters. The second-order valence-electron chi connectivity index (χ2n) is 12.1. The molecule has 0 amide bonds. The molecular formula is C44H31NO. The first kappa shape index (κ1) is 26.5. The Kier molecular flexibility index (Phi) is 6.31. The average molecular weight is 590 g/mol. The Morgan fingerprint density at radius 1 is 0.500 bits per heavy atom. The van der Waals surface area contributed by atoms with Crippen molar-refractivity contribution in [2.24, 2.45) is 0 Å². The van der Waals surface area contributed by atoms with Crippen LogP contribution in [-0.2, 0) is 0 Å². The van der Waals surface area contributed by atoms with Crippen molar-refractivity contribution in [1.82, 2.24) is 0 Å². The van der Waals surface area contributed by atoms with Gasteiger partial charge >= 0.3 is 0 Å². The summed E-state index contributed by atoms with van der Waals surface area (Å²) >= 11 is 0. The number of nitrogens with zero attached hydrogens (tertiary/aromatic N) is 1. The highest BCUT2D eigenvalue weighted by molar-refractivity contribution is 6.01. The molecule has 2 heteroatoms. The fourth-order valence-corrected chi connectivity index (χ4v) is 7.17. The zero-order valence-corrected chi connectivity index (χ0v) is 25.3. The van der Waals surface area contributed by atoms with Crippen LogP contribution in [0.15, 0.2) is 182 Å². The maximum absolute atomic E-state index is 6.69. The normalized spacial score (nSPS) is 16.5. The molecule has 2 aliphatic rings. The zero-order valence-electron chi connectivity index (χ0n) is 25.3. The third-order valence-corrected chi connectivity index (χ3v) is 9.37. The topological polar surface area (TPSA) is 12.5 Å². The van der Waals surface area contributed by atoms with Gasteiger partial charge in [-0.25, -0.2) is 0 Å². The van der Waals surface area contributed by atoms with Gasteiger partial charge in [-0.05, 0) is 92.4 Å². The van der Waals surface area contributed by atoms with E-state index in [0.717, 1.165) is 22.8 Å². The van der Waals surface area contributed by atoms with Crippen LogP contribution < -0.4 is 9.64 Å². The van der Waals surface area contributed by atoms with Gasteiger partial charge < -0.3 is 9.64 Å². The summed E-state index contributed by atoms with van der Waals surface area (Å²) in [7, 11) is 0. The molecule has 1 aliphatic carbocycles. The molecule has 0 saturated carbocycles. The van der Waals surface area contributed by atoms with E-state index in [-0.39, 0.29) is 12.0 Å². The summed E-state index contributed by atoms with van der Waals surface area (Å²) in [6.45, 7) is 0. The number of fused-ring (bicyclic) bond motifs is 6. The third kappa shape index (κ3) is 4.50. The van der Waals surface area contributed by atoms with Crippen molar-refractivity contribution in [3.05, 3.63) is 187 Å². The van der Waals surface area contributed by atoms with Gasteiger partial charge in [-0.3, -0.25) is 0 Å². The number of allylic oxidation sites excluding steroid dienone is 1. The lowest BCUT2D eigenvalue weighted by molar-refractivity contribution is 0.268. The predicted octanol–water partition coefficient (Wildman–Crippen LogP) is 11.5. The Balaban J connectivity index is 1.18. The summed E-state index contributed by atoms with van der Waals surface area (Å²) in [6, 6.07) is 56.4. The van der Waals surface area contributed by atoms with Gasteiger partial charge in [0.25, 0.3) is 0 Å². The van der Waals surface area contributed by atoms with E-state index in [0.29, 0.717) is 0 Å². The van der Waals surface area contributed by atoms with Crippen LogP contribution in [0.4, 0.5) is 11.4 Å². The van der Waals surface area contributed by atoms with Crippen molar-refractivity contribution in [3.8, 4) is 28.0 Å². The lowest BCUT2D eigenvalue weighted by atomic mass is 9.85. The second kappa shape index (κ2) is 10.9. The number of rotatable bonds is 5. The fraction of sp³-hybridized carbons (Fsp3) is 0.0455. The molecule has 7 aromatic rings. The summed E-state index contributed by atoms with van der Waals surface area (Å²) in [6.07, 6.45) is 6.83. The van der Waals surface area contributed by atoms with Gasteiger partial charge in [0.05, 0.1) is 0 Å². The molecule has 9 rings (SSSR count). The molecule has 7 aromatic carbocycles. The Morgan fingerprint density at radius 2 is 1.13 bits per heavy atom. The predicted molar refractivity (Wildman–Crippen MR) is 192 cm³/mol. The number of hydrogen-bond acceptors (Lipinski definition) is 2. The average Bonchev–Trinajstić information content (AvgIpc) is 3.50. The van der Waals surface area contributed by atoms with Crippen LogP contribution >= 0.6 is 0 Å². The van der Waals surface area contributed by atoms with Crippen molar-refractivity contribution >= 4 is 32.9 Å². The fourth-order valence-electron chi connectivity index (χ4n) is 7.17.